The van der Waals surface area contributed by atoms with Crippen LogP contribution in [0.2, 0.25) is 0 Å². The number of alkyl halides is 3. The third-order valence-electron chi connectivity index (χ3n) is 3.54. The van der Waals surface area contributed by atoms with Crippen molar-refractivity contribution in [2.75, 3.05) is 13.2 Å². The second-order valence-corrected chi connectivity index (χ2v) is 4.75. The minimum atomic E-state index is -4.34. The van der Waals surface area contributed by atoms with Crippen molar-refractivity contribution in [2.24, 2.45) is 7.05 Å². The van der Waals surface area contributed by atoms with E-state index in [4.69, 9.17) is 5.11 Å². The van der Waals surface area contributed by atoms with Crippen molar-refractivity contribution in [3.05, 3.63) is 35.0 Å². The first-order valence-corrected chi connectivity index (χ1v) is 6.33. The number of aryl methyl sites for hydroxylation is 1. The number of hydrogen-bond acceptors (Lipinski definition) is 2. The molecule has 0 radical (unpaired) electrons. The fraction of sp³-hybridized carbons (Fsp3) is 0.429. The molecule has 1 aromatic heterocycles. The third kappa shape index (κ3) is 2.66. The Morgan fingerprint density at radius 1 is 1.30 bits per heavy atom. The molecule has 6 heteroatoms. The molecule has 1 aromatic carbocycles. The highest BCUT2D eigenvalue weighted by molar-refractivity contribution is 5.86. The second kappa shape index (κ2) is 5.46. The van der Waals surface area contributed by atoms with Crippen molar-refractivity contribution in [3.8, 4) is 0 Å². The van der Waals surface area contributed by atoms with Crippen LogP contribution in [-0.2, 0) is 19.8 Å². The van der Waals surface area contributed by atoms with Gasteiger partial charge in [-0.3, -0.25) is 0 Å². The van der Waals surface area contributed by atoms with Crippen LogP contribution in [0.4, 0.5) is 13.2 Å². The van der Waals surface area contributed by atoms with Gasteiger partial charge in [-0.25, -0.2) is 0 Å². The van der Waals surface area contributed by atoms with Crippen LogP contribution in [0.15, 0.2) is 18.2 Å². The van der Waals surface area contributed by atoms with Crippen LogP contribution >= 0.6 is 0 Å². The number of halogens is 3. The largest absolute Gasteiger partial charge is 0.416 e. The number of fused-ring (bicyclic) bond motifs is 1. The predicted molar refractivity (Wildman–Crippen MR) is 71.5 cm³/mol. The number of aromatic nitrogens is 1. The van der Waals surface area contributed by atoms with Gasteiger partial charge in [0.1, 0.15) is 0 Å². The number of nitrogens with one attached hydrogen (secondary N) is 1. The highest BCUT2D eigenvalue weighted by Gasteiger charge is 2.31. The molecular weight excluding hydrogens is 269 g/mol. The van der Waals surface area contributed by atoms with E-state index in [1.165, 1.54) is 12.1 Å². The van der Waals surface area contributed by atoms with Crippen LogP contribution in [0, 0.1) is 6.92 Å². The summed E-state index contributed by atoms with van der Waals surface area (Å²) in [7, 11) is 1.83. The summed E-state index contributed by atoms with van der Waals surface area (Å²) in [6.07, 6.45) is -4.34. The van der Waals surface area contributed by atoms with E-state index < -0.39 is 11.7 Å². The van der Waals surface area contributed by atoms with Crippen LogP contribution < -0.4 is 5.32 Å². The number of aliphatic hydroxyl groups excluding tert-OH is 1. The highest BCUT2D eigenvalue weighted by atomic mass is 19.4. The lowest BCUT2D eigenvalue weighted by atomic mass is 10.1. The molecule has 0 fully saturated rings. The first-order valence-electron chi connectivity index (χ1n) is 6.33. The van der Waals surface area contributed by atoms with Crippen LogP contribution in [0.3, 0.4) is 0 Å². The highest BCUT2D eigenvalue weighted by Crippen LogP contribution is 2.34. The maximum Gasteiger partial charge on any atom is 0.416 e. The van der Waals surface area contributed by atoms with Gasteiger partial charge in [0.2, 0.25) is 0 Å². The molecule has 2 N–H and O–H groups in total. The summed E-state index contributed by atoms with van der Waals surface area (Å²) in [6, 6.07) is 3.80. The molecule has 0 amide bonds. The van der Waals surface area contributed by atoms with E-state index in [1.54, 1.807) is 0 Å². The van der Waals surface area contributed by atoms with Gasteiger partial charge < -0.3 is 15.0 Å². The summed E-state index contributed by atoms with van der Waals surface area (Å²) >= 11 is 0. The van der Waals surface area contributed by atoms with Crippen LogP contribution in [0.5, 0.6) is 0 Å². The predicted octanol–water partition coefficient (Wildman–Crippen LogP) is 2.59. The standard InChI is InChI=1S/C14H17F3N2O/c1-9-12(8-18-5-6-20)11-7-10(14(15,16)17)3-4-13(11)19(9)2/h3-4,7,18,20H,5-6,8H2,1-2H3. The fourth-order valence-electron chi connectivity index (χ4n) is 2.34. The molecule has 0 unspecified atom stereocenters. The monoisotopic (exact) mass is 286 g/mol. The first kappa shape index (κ1) is 14.9. The van der Waals surface area contributed by atoms with Gasteiger partial charge in [0.15, 0.2) is 0 Å². The van der Waals surface area contributed by atoms with Gasteiger partial charge in [0, 0.05) is 36.7 Å². The van der Waals surface area contributed by atoms with E-state index in [2.05, 4.69) is 5.32 Å². The summed E-state index contributed by atoms with van der Waals surface area (Å²) < 4.78 is 40.3. The van der Waals surface area contributed by atoms with Gasteiger partial charge in [0.25, 0.3) is 0 Å². The minimum Gasteiger partial charge on any atom is -0.395 e. The van der Waals surface area contributed by atoms with E-state index in [1.807, 2.05) is 18.5 Å². The summed E-state index contributed by atoms with van der Waals surface area (Å²) in [4.78, 5) is 0. The van der Waals surface area contributed by atoms with Gasteiger partial charge in [-0.1, -0.05) is 0 Å². The fourth-order valence-corrected chi connectivity index (χ4v) is 2.34. The van der Waals surface area contributed by atoms with E-state index in [-0.39, 0.29) is 6.61 Å². The van der Waals surface area contributed by atoms with Gasteiger partial charge >= 0.3 is 6.18 Å². The number of rotatable bonds is 4. The van der Waals surface area contributed by atoms with Crippen LogP contribution in [0.25, 0.3) is 10.9 Å². The molecule has 1 heterocycles. The van der Waals surface area contributed by atoms with Crippen molar-refractivity contribution in [1.82, 2.24) is 9.88 Å². The minimum absolute atomic E-state index is 0.00237. The molecule has 0 atom stereocenters. The van der Waals surface area contributed by atoms with Gasteiger partial charge in [0.05, 0.1) is 12.2 Å². The van der Waals surface area contributed by atoms with Crippen molar-refractivity contribution in [2.45, 2.75) is 19.6 Å². The average molecular weight is 286 g/mol. The number of aliphatic hydroxyl groups is 1. The zero-order valence-electron chi connectivity index (χ0n) is 11.4. The summed E-state index contributed by atoms with van der Waals surface area (Å²) in [5.74, 6) is 0. The zero-order valence-corrected chi connectivity index (χ0v) is 11.4. The molecule has 2 rings (SSSR count). The molecule has 2 aromatic rings. The number of benzene rings is 1. The molecule has 20 heavy (non-hydrogen) atoms. The van der Waals surface area contributed by atoms with Gasteiger partial charge in [-0.15, -0.1) is 0 Å². The van der Waals surface area contributed by atoms with Crippen molar-refractivity contribution < 1.29 is 18.3 Å². The van der Waals surface area contributed by atoms with Crippen LogP contribution in [0.1, 0.15) is 16.8 Å². The normalized spacial score (nSPS) is 12.3. The lowest BCUT2D eigenvalue weighted by molar-refractivity contribution is -0.137. The Balaban J connectivity index is 2.51. The number of hydrogen-bond donors (Lipinski definition) is 2. The lowest BCUT2D eigenvalue weighted by Crippen LogP contribution is -2.18. The Hall–Kier alpha value is -1.53. The molecular formula is C14H17F3N2O. The Morgan fingerprint density at radius 3 is 2.60 bits per heavy atom. The van der Waals surface area contributed by atoms with Gasteiger partial charge in [-0.05, 0) is 30.7 Å². The Labute approximate surface area is 115 Å². The van der Waals surface area contributed by atoms with E-state index in [0.29, 0.717) is 18.5 Å². The molecule has 0 spiro atoms. The van der Waals surface area contributed by atoms with E-state index in [9.17, 15) is 13.2 Å². The van der Waals surface area contributed by atoms with Crippen molar-refractivity contribution in [3.63, 3.8) is 0 Å². The van der Waals surface area contributed by atoms with Crippen LogP contribution in [-0.4, -0.2) is 22.8 Å². The molecule has 0 aliphatic carbocycles. The van der Waals surface area contributed by atoms with Crippen molar-refractivity contribution >= 4 is 10.9 Å². The molecule has 0 aliphatic heterocycles. The van der Waals surface area contributed by atoms with E-state index >= 15 is 0 Å². The second-order valence-electron chi connectivity index (χ2n) is 4.75. The topological polar surface area (TPSA) is 37.2 Å². The first-order chi connectivity index (χ1) is 9.36. The summed E-state index contributed by atoms with van der Waals surface area (Å²) in [6.45, 7) is 2.72. The summed E-state index contributed by atoms with van der Waals surface area (Å²) in [5.41, 5.74) is 1.89. The zero-order chi connectivity index (χ0) is 14.9. The van der Waals surface area contributed by atoms with Gasteiger partial charge in [-0.2, -0.15) is 13.2 Å². The average Bonchev–Trinajstić information content (AvgIpc) is 2.62. The molecule has 0 saturated carbocycles. The Morgan fingerprint density at radius 2 is 2.00 bits per heavy atom. The molecule has 0 saturated heterocycles. The maximum absolute atomic E-state index is 12.8. The Kier molecular flexibility index (Phi) is 4.06. The molecule has 0 bridgehead atoms. The quantitative estimate of drug-likeness (QED) is 0.848. The smallest absolute Gasteiger partial charge is 0.395 e. The van der Waals surface area contributed by atoms with E-state index in [0.717, 1.165) is 22.8 Å². The lowest BCUT2D eigenvalue weighted by Gasteiger charge is -2.07. The number of nitrogens with zero attached hydrogens (tertiary/aromatic N) is 1. The Bertz CT molecular complexity index is 617. The summed E-state index contributed by atoms with van der Waals surface area (Å²) in [5, 5.41) is 12.4. The maximum atomic E-state index is 12.8. The molecule has 110 valence electrons. The van der Waals surface area contributed by atoms with Crippen molar-refractivity contribution in [1.29, 1.82) is 0 Å². The molecule has 0 aliphatic rings. The third-order valence-corrected chi connectivity index (χ3v) is 3.54. The molecule has 3 nitrogen and oxygen atoms in total. The SMILES string of the molecule is Cc1c(CNCCO)c2cc(C(F)(F)F)ccc2n1C.